The van der Waals surface area contributed by atoms with Gasteiger partial charge in [-0.05, 0) is 74.6 Å². The summed E-state index contributed by atoms with van der Waals surface area (Å²) in [5.41, 5.74) is 3.36. The Balaban J connectivity index is 3.23. The molecule has 120 valence electrons. The molecule has 4 N–H and O–H groups in total. The van der Waals surface area contributed by atoms with Crippen molar-refractivity contribution in [2.45, 2.75) is 39.9 Å². The number of aliphatic hydroxyl groups is 3. The standard InChI is InChI=1S/C18H24O4/c1-12(2)4-7-15-10-14(6-9-17(20)21)11-16(18(15)22)8-5-13(3)19/h4-6,9-11,17,19-22H,7-8H2,1-3H3/b9-6+,13-5+. The summed E-state index contributed by atoms with van der Waals surface area (Å²) in [6, 6.07) is 3.58. The van der Waals surface area contributed by atoms with Crippen LogP contribution in [-0.2, 0) is 12.8 Å². The molecule has 0 unspecified atom stereocenters. The highest BCUT2D eigenvalue weighted by Crippen LogP contribution is 2.27. The average molecular weight is 304 g/mol. The Bertz CT molecular complexity index is 546. The minimum Gasteiger partial charge on any atom is -0.513 e. The molecular weight excluding hydrogens is 280 g/mol. The minimum atomic E-state index is -1.52. The van der Waals surface area contributed by atoms with E-state index in [1.54, 1.807) is 25.1 Å². The smallest absolute Gasteiger partial charge is 0.171 e. The number of phenolic OH excluding ortho intramolecular Hbond substituents is 1. The Morgan fingerprint density at radius 2 is 1.59 bits per heavy atom. The number of hydrogen-bond acceptors (Lipinski definition) is 4. The second-order valence-corrected chi connectivity index (χ2v) is 5.50. The highest BCUT2D eigenvalue weighted by molar-refractivity contribution is 5.57. The zero-order chi connectivity index (χ0) is 16.7. The van der Waals surface area contributed by atoms with Crippen molar-refractivity contribution in [2.75, 3.05) is 0 Å². The van der Waals surface area contributed by atoms with Gasteiger partial charge in [-0.2, -0.15) is 0 Å². The van der Waals surface area contributed by atoms with Crippen molar-refractivity contribution in [3.05, 3.63) is 58.4 Å². The van der Waals surface area contributed by atoms with E-state index in [0.717, 1.165) is 16.7 Å². The van der Waals surface area contributed by atoms with Crippen LogP contribution >= 0.6 is 0 Å². The van der Waals surface area contributed by atoms with Crippen molar-refractivity contribution in [1.82, 2.24) is 0 Å². The van der Waals surface area contributed by atoms with Gasteiger partial charge in [0.2, 0.25) is 0 Å². The van der Waals surface area contributed by atoms with Crippen LogP contribution in [0.15, 0.2) is 41.7 Å². The average Bonchev–Trinajstić information content (AvgIpc) is 2.42. The highest BCUT2D eigenvalue weighted by atomic mass is 16.5. The van der Waals surface area contributed by atoms with Gasteiger partial charge in [0.15, 0.2) is 6.29 Å². The van der Waals surface area contributed by atoms with Crippen molar-refractivity contribution in [3.8, 4) is 5.75 Å². The van der Waals surface area contributed by atoms with Crippen LogP contribution in [0.3, 0.4) is 0 Å². The first kappa shape index (κ1) is 18.0. The molecule has 22 heavy (non-hydrogen) atoms. The number of aliphatic hydroxyl groups excluding tert-OH is 2. The van der Waals surface area contributed by atoms with E-state index >= 15 is 0 Å². The molecule has 0 aliphatic carbocycles. The molecule has 4 nitrogen and oxygen atoms in total. The van der Waals surface area contributed by atoms with E-state index in [1.165, 1.54) is 6.08 Å². The molecule has 0 amide bonds. The molecule has 0 saturated carbocycles. The number of benzene rings is 1. The molecule has 1 aromatic rings. The van der Waals surface area contributed by atoms with Crippen molar-refractivity contribution < 1.29 is 20.4 Å². The second kappa shape index (κ2) is 8.41. The number of phenols is 1. The lowest BCUT2D eigenvalue weighted by Gasteiger charge is -2.10. The van der Waals surface area contributed by atoms with Gasteiger partial charge in [0.1, 0.15) is 5.75 Å². The quantitative estimate of drug-likeness (QED) is 0.369. The third-order valence-corrected chi connectivity index (χ3v) is 3.10. The topological polar surface area (TPSA) is 80.9 Å². The van der Waals surface area contributed by atoms with E-state index in [1.807, 2.05) is 26.0 Å². The Morgan fingerprint density at radius 3 is 2.05 bits per heavy atom. The Labute approximate surface area is 131 Å². The summed E-state index contributed by atoms with van der Waals surface area (Å²) in [5, 5.41) is 37.5. The van der Waals surface area contributed by atoms with Crippen LogP contribution in [-0.4, -0.2) is 26.7 Å². The van der Waals surface area contributed by atoms with E-state index in [-0.39, 0.29) is 11.5 Å². The van der Waals surface area contributed by atoms with Crippen LogP contribution in [0.2, 0.25) is 0 Å². The minimum absolute atomic E-state index is 0.192. The number of hydrogen-bond donors (Lipinski definition) is 4. The van der Waals surface area contributed by atoms with E-state index in [0.29, 0.717) is 18.4 Å². The van der Waals surface area contributed by atoms with Crippen LogP contribution in [0.1, 0.15) is 37.5 Å². The summed E-state index contributed by atoms with van der Waals surface area (Å²) in [7, 11) is 0. The van der Waals surface area contributed by atoms with Crippen LogP contribution in [0.4, 0.5) is 0 Å². The van der Waals surface area contributed by atoms with E-state index in [2.05, 4.69) is 0 Å². The van der Waals surface area contributed by atoms with Crippen molar-refractivity contribution in [1.29, 1.82) is 0 Å². The van der Waals surface area contributed by atoms with Crippen molar-refractivity contribution in [3.63, 3.8) is 0 Å². The molecular formula is C18H24O4. The molecule has 0 spiro atoms. The first-order valence-electron chi connectivity index (χ1n) is 7.17. The fourth-order valence-electron chi connectivity index (χ4n) is 1.96. The van der Waals surface area contributed by atoms with Crippen LogP contribution in [0.25, 0.3) is 6.08 Å². The Hall–Kier alpha value is -2.04. The number of allylic oxidation sites excluding steroid dienone is 4. The van der Waals surface area contributed by atoms with Crippen LogP contribution in [0.5, 0.6) is 5.75 Å². The van der Waals surface area contributed by atoms with E-state index < -0.39 is 6.29 Å². The predicted octanol–water partition coefficient (Wildman–Crippen LogP) is 3.23. The molecule has 0 fully saturated rings. The van der Waals surface area contributed by atoms with Gasteiger partial charge in [-0.1, -0.05) is 17.7 Å². The van der Waals surface area contributed by atoms with Gasteiger partial charge in [-0.3, -0.25) is 0 Å². The second-order valence-electron chi connectivity index (χ2n) is 5.50. The van der Waals surface area contributed by atoms with Gasteiger partial charge in [-0.15, -0.1) is 0 Å². The molecule has 0 aliphatic rings. The molecule has 0 atom stereocenters. The molecule has 0 radical (unpaired) electrons. The maximum absolute atomic E-state index is 10.4. The first-order valence-corrected chi connectivity index (χ1v) is 7.17. The highest BCUT2D eigenvalue weighted by Gasteiger charge is 2.08. The lowest BCUT2D eigenvalue weighted by Crippen LogP contribution is -1.98. The predicted molar refractivity (Wildman–Crippen MR) is 88.6 cm³/mol. The lowest BCUT2D eigenvalue weighted by atomic mass is 9.98. The van der Waals surface area contributed by atoms with Gasteiger partial charge in [0, 0.05) is 0 Å². The first-order chi connectivity index (χ1) is 10.3. The molecule has 1 rings (SSSR count). The van der Waals surface area contributed by atoms with Crippen LogP contribution < -0.4 is 0 Å². The van der Waals surface area contributed by atoms with Gasteiger partial charge in [0.05, 0.1) is 5.76 Å². The third-order valence-electron chi connectivity index (χ3n) is 3.10. The third kappa shape index (κ3) is 6.16. The summed E-state index contributed by atoms with van der Waals surface area (Å²) in [5.74, 6) is 0.397. The lowest BCUT2D eigenvalue weighted by molar-refractivity contribution is 0.00303. The van der Waals surface area contributed by atoms with Crippen molar-refractivity contribution >= 4 is 6.08 Å². The summed E-state index contributed by atoms with van der Waals surface area (Å²) in [6.07, 6.45) is 5.96. The SMILES string of the molecule is CC(C)=CCc1cc(/C=C/C(O)O)cc(C/C=C(\C)O)c1O. The van der Waals surface area contributed by atoms with Crippen molar-refractivity contribution in [2.24, 2.45) is 0 Å². The van der Waals surface area contributed by atoms with E-state index in [9.17, 15) is 10.2 Å². The summed E-state index contributed by atoms with van der Waals surface area (Å²) >= 11 is 0. The number of aromatic hydroxyl groups is 1. The largest absolute Gasteiger partial charge is 0.513 e. The molecule has 0 aliphatic heterocycles. The van der Waals surface area contributed by atoms with E-state index in [4.69, 9.17) is 10.2 Å². The zero-order valence-corrected chi connectivity index (χ0v) is 13.2. The van der Waals surface area contributed by atoms with Gasteiger partial charge >= 0.3 is 0 Å². The zero-order valence-electron chi connectivity index (χ0n) is 13.2. The van der Waals surface area contributed by atoms with Gasteiger partial charge in [-0.25, -0.2) is 0 Å². The molecule has 4 heteroatoms. The molecule has 0 bridgehead atoms. The normalized spacial score (nSPS) is 12.2. The Morgan fingerprint density at radius 1 is 1.05 bits per heavy atom. The fourth-order valence-corrected chi connectivity index (χ4v) is 1.96. The maximum atomic E-state index is 10.4. The molecule has 1 aromatic carbocycles. The Kier molecular flexibility index (Phi) is 6.89. The molecule has 0 heterocycles. The summed E-state index contributed by atoms with van der Waals surface area (Å²) in [4.78, 5) is 0. The molecule has 0 saturated heterocycles. The number of rotatable bonds is 6. The summed E-state index contributed by atoms with van der Waals surface area (Å²) < 4.78 is 0. The molecule has 0 aromatic heterocycles. The van der Waals surface area contributed by atoms with Gasteiger partial charge < -0.3 is 20.4 Å². The fraction of sp³-hybridized carbons (Fsp3) is 0.333. The van der Waals surface area contributed by atoms with Crippen LogP contribution in [0, 0.1) is 0 Å². The summed E-state index contributed by atoms with van der Waals surface area (Å²) in [6.45, 7) is 5.55. The van der Waals surface area contributed by atoms with Gasteiger partial charge in [0.25, 0.3) is 0 Å². The monoisotopic (exact) mass is 304 g/mol. The maximum Gasteiger partial charge on any atom is 0.171 e.